The van der Waals surface area contributed by atoms with E-state index in [4.69, 9.17) is 5.26 Å². The minimum Gasteiger partial charge on any atom is -0.385 e. The Balaban J connectivity index is 3.01. The van der Waals surface area contributed by atoms with E-state index in [2.05, 4.69) is 20.7 Å². The Kier molecular flexibility index (Phi) is 2.44. The van der Waals surface area contributed by atoms with Crippen LogP contribution in [0.15, 0.2) is 22.7 Å². The lowest BCUT2D eigenvalue weighted by Gasteiger charge is -1.96. The molecule has 0 saturated carbocycles. The third-order valence-electron chi connectivity index (χ3n) is 1.05. The average molecular weight is 216 g/mol. The second kappa shape index (κ2) is 3.35. The number of nitrogens with zero attached hydrogens (tertiary/aromatic N) is 1. The maximum Gasteiger partial charge on any atom is 0.292 e. The molecule has 0 fully saturated rings. The molecule has 4 heteroatoms. The van der Waals surface area contributed by atoms with Crippen molar-refractivity contribution >= 4 is 15.9 Å². The van der Waals surface area contributed by atoms with Gasteiger partial charge >= 0.3 is 0 Å². The number of ether oxygens (including phenoxy) is 1. The first-order valence-electron chi connectivity index (χ1n) is 2.75. The Hall–Kier alpha value is -1.08. The van der Waals surface area contributed by atoms with Crippen LogP contribution in [0.2, 0.25) is 0 Å². The number of halogens is 2. The maximum atomic E-state index is 12.7. The minimum atomic E-state index is -0.555. The number of nitriles is 1. The van der Waals surface area contributed by atoms with Gasteiger partial charge in [0.25, 0.3) is 6.26 Å². The van der Waals surface area contributed by atoms with Crippen LogP contribution in [-0.2, 0) is 0 Å². The molecule has 11 heavy (non-hydrogen) atoms. The van der Waals surface area contributed by atoms with Gasteiger partial charge in [0.1, 0.15) is 0 Å². The summed E-state index contributed by atoms with van der Waals surface area (Å²) in [6, 6.07) is 4.20. The van der Waals surface area contributed by atoms with Gasteiger partial charge in [0.05, 0.1) is 0 Å². The highest BCUT2D eigenvalue weighted by Gasteiger charge is 2.02. The zero-order chi connectivity index (χ0) is 8.27. The quantitative estimate of drug-likeness (QED) is 0.675. The van der Waals surface area contributed by atoms with E-state index in [9.17, 15) is 4.39 Å². The van der Waals surface area contributed by atoms with Gasteiger partial charge < -0.3 is 4.74 Å². The zero-order valence-corrected chi connectivity index (χ0v) is 6.93. The normalized spacial score (nSPS) is 8.82. The van der Waals surface area contributed by atoms with E-state index in [0.717, 1.165) is 0 Å². The van der Waals surface area contributed by atoms with Crippen LogP contribution in [0.3, 0.4) is 0 Å². The molecule has 0 aliphatic heterocycles. The lowest BCUT2D eigenvalue weighted by molar-refractivity contribution is 0.460. The van der Waals surface area contributed by atoms with Crippen LogP contribution < -0.4 is 4.74 Å². The van der Waals surface area contributed by atoms with Gasteiger partial charge in [0.2, 0.25) is 0 Å². The lowest BCUT2D eigenvalue weighted by atomic mass is 10.3. The molecule has 0 radical (unpaired) electrons. The van der Waals surface area contributed by atoms with Crippen LogP contribution in [0.4, 0.5) is 4.39 Å². The molecule has 0 N–H and O–H groups in total. The Morgan fingerprint density at radius 1 is 1.55 bits per heavy atom. The summed E-state index contributed by atoms with van der Waals surface area (Å²) in [5.74, 6) is -0.614. The van der Waals surface area contributed by atoms with Gasteiger partial charge in [-0.1, -0.05) is 15.9 Å². The first-order chi connectivity index (χ1) is 5.24. The highest BCUT2D eigenvalue weighted by Crippen LogP contribution is 2.20. The molecule has 0 bridgehead atoms. The van der Waals surface area contributed by atoms with Crippen molar-refractivity contribution in [3.05, 3.63) is 28.5 Å². The van der Waals surface area contributed by atoms with Gasteiger partial charge in [0, 0.05) is 4.47 Å². The van der Waals surface area contributed by atoms with Gasteiger partial charge in [-0.25, -0.2) is 4.39 Å². The van der Waals surface area contributed by atoms with Gasteiger partial charge in [-0.15, -0.1) is 5.26 Å². The maximum absolute atomic E-state index is 12.7. The van der Waals surface area contributed by atoms with Gasteiger partial charge in [-0.3, -0.25) is 0 Å². The molecule has 0 spiro atoms. The molecule has 1 rings (SSSR count). The molecule has 0 saturated heterocycles. The fraction of sp³-hybridized carbons (Fsp3) is 0. The molecule has 2 nitrogen and oxygen atoms in total. The summed E-state index contributed by atoms with van der Waals surface area (Å²) in [6.07, 6.45) is 1.39. The van der Waals surface area contributed by atoms with Crippen LogP contribution in [-0.4, -0.2) is 0 Å². The fourth-order valence-electron chi connectivity index (χ4n) is 0.607. The summed E-state index contributed by atoms with van der Waals surface area (Å²) in [4.78, 5) is 0. The largest absolute Gasteiger partial charge is 0.385 e. The van der Waals surface area contributed by atoms with Gasteiger partial charge in [-0.2, -0.15) is 0 Å². The molecule has 0 amide bonds. The molecule has 0 aliphatic carbocycles. The molecule has 56 valence electrons. The predicted molar refractivity (Wildman–Crippen MR) is 40.3 cm³/mol. The standard InChI is InChI=1S/C7H3BrFNO/c8-5-1-2-7(11-4-10)6(9)3-5/h1-3H. The molecule has 0 atom stereocenters. The molecule has 1 aromatic rings. The number of hydrogen-bond acceptors (Lipinski definition) is 2. The van der Waals surface area contributed by atoms with Crippen LogP contribution in [0.25, 0.3) is 0 Å². The third kappa shape index (κ3) is 1.92. The molecule has 1 aromatic carbocycles. The highest BCUT2D eigenvalue weighted by atomic mass is 79.9. The van der Waals surface area contributed by atoms with E-state index in [0.29, 0.717) is 4.47 Å². The summed E-state index contributed by atoms with van der Waals surface area (Å²) in [5.41, 5.74) is 0. The monoisotopic (exact) mass is 215 g/mol. The van der Waals surface area contributed by atoms with Crippen molar-refractivity contribution in [2.45, 2.75) is 0 Å². The van der Waals surface area contributed by atoms with Crippen LogP contribution in [0.5, 0.6) is 5.75 Å². The van der Waals surface area contributed by atoms with E-state index in [1.54, 1.807) is 6.07 Å². The first kappa shape index (κ1) is 8.02. The van der Waals surface area contributed by atoms with Crippen molar-refractivity contribution in [1.82, 2.24) is 0 Å². The first-order valence-corrected chi connectivity index (χ1v) is 3.54. The van der Waals surface area contributed by atoms with Crippen molar-refractivity contribution in [2.75, 3.05) is 0 Å². The van der Waals surface area contributed by atoms with Gasteiger partial charge in [0.15, 0.2) is 11.6 Å². The molecular formula is C7H3BrFNO. The Labute approximate surface area is 71.3 Å². The summed E-state index contributed by atoms with van der Waals surface area (Å²) in [6.45, 7) is 0. The number of hydrogen-bond donors (Lipinski definition) is 0. The second-order valence-electron chi connectivity index (χ2n) is 1.77. The van der Waals surface area contributed by atoms with Crippen LogP contribution >= 0.6 is 15.9 Å². The predicted octanol–water partition coefficient (Wildman–Crippen LogP) is 2.45. The molecule has 0 unspecified atom stereocenters. The van der Waals surface area contributed by atoms with Crippen LogP contribution in [0, 0.1) is 17.3 Å². The topological polar surface area (TPSA) is 33.0 Å². The van der Waals surface area contributed by atoms with E-state index in [1.165, 1.54) is 18.4 Å². The van der Waals surface area contributed by atoms with Gasteiger partial charge in [-0.05, 0) is 18.2 Å². The fourth-order valence-corrected chi connectivity index (χ4v) is 0.940. The molecule has 0 heterocycles. The zero-order valence-electron chi connectivity index (χ0n) is 5.34. The van der Waals surface area contributed by atoms with Crippen molar-refractivity contribution in [1.29, 1.82) is 5.26 Å². The van der Waals surface area contributed by atoms with E-state index in [1.807, 2.05) is 0 Å². The number of rotatable bonds is 1. The Bertz CT molecular complexity index is 308. The lowest BCUT2D eigenvalue weighted by Crippen LogP contribution is -1.85. The number of benzene rings is 1. The van der Waals surface area contributed by atoms with E-state index < -0.39 is 5.82 Å². The van der Waals surface area contributed by atoms with E-state index in [-0.39, 0.29) is 5.75 Å². The average Bonchev–Trinajstić information content (AvgIpc) is 1.95. The SMILES string of the molecule is N#COc1ccc(Br)cc1F. The van der Waals surface area contributed by atoms with Crippen molar-refractivity contribution in [3.63, 3.8) is 0 Å². The van der Waals surface area contributed by atoms with Crippen LogP contribution in [0.1, 0.15) is 0 Å². The molecular weight excluding hydrogens is 213 g/mol. The smallest absolute Gasteiger partial charge is 0.292 e. The third-order valence-corrected chi connectivity index (χ3v) is 1.54. The molecule has 0 aromatic heterocycles. The second-order valence-corrected chi connectivity index (χ2v) is 2.68. The summed E-state index contributed by atoms with van der Waals surface area (Å²) < 4.78 is 17.6. The molecule has 0 aliphatic rings. The Morgan fingerprint density at radius 2 is 2.27 bits per heavy atom. The highest BCUT2D eigenvalue weighted by molar-refractivity contribution is 9.10. The van der Waals surface area contributed by atoms with Crippen molar-refractivity contribution < 1.29 is 9.13 Å². The summed E-state index contributed by atoms with van der Waals surface area (Å²) in [7, 11) is 0. The van der Waals surface area contributed by atoms with Crippen molar-refractivity contribution in [3.8, 4) is 12.0 Å². The summed E-state index contributed by atoms with van der Waals surface area (Å²) in [5, 5.41) is 8.06. The Morgan fingerprint density at radius 3 is 2.82 bits per heavy atom. The van der Waals surface area contributed by atoms with Crippen molar-refractivity contribution in [2.24, 2.45) is 0 Å². The van der Waals surface area contributed by atoms with E-state index >= 15 is 0 Å². The minimum absolute atomic E-state index is 0.0595. The summed E-state index contributed by atoms with van der Waals surface area (Å²) >= 11 is 3.07.